The molecule has 0 N–H and O–H groups in total. The molecule has 0 spiro atoms. The molecule has 0 aliphatic carbocycles. The van der Waals surface area contributed by atoms with Gasteiger partial charge in [0.05, 0.1) is 0 Å². The number of rotatable bonds is 4. The Morgan fingerprint density at radius 2 is 1.33 bits per heavy atom. The molecule has 0 fully saturated rings. The van der Waals surface area contributed by atoms with Crippen LogP contribution in [0, 0.1) is 0 Å². The van der Waals surface area contributed by atoms with Gasteiger partial charge in [0.1, 0.15) is 10.9 Å². The van der Waals surface area contributed by atoms with Crippen molar-refractivity contribution in [2.24, 2.45) is 0 Å². The van der Waals surface area contributed by atoms with Gasteiger partial charge in [-0.05, 0) is 13.8 Å². The van der Waals surface area contributed by atoms with Crippen molar-refractivity contribution in [1.29, 1.82) is 0 Å². The minimum atomic E-state index is -0.294. The van der Waals surface area contributed by atoms with Crippen molar-refractivity contribution in [3.8, 4) is 0 Å². The van der Waals surface area contributed by atoms with Gasteiger partial charge in [-0.25, -0.2) is 0 Å². The number of thiol groups is 2. The predicted octanol–water partition coefficient (Wildman–Crippen LogP) is 1.42. The van der Waals surface area contributed by atoms with Crippen molar-refractivity contribution >= 4 is 25.3 Å². The molecule has 0 radical (unpaired) electrons. The van der Waals surface area contributed by atoms with Crippen molar-refractivity contribution in [2.45, 2.75) is 24.7 Å². The zero-order valence-corrected chi connectivity index (χ0v) is 7.06. The molecule has 56 valence electrons. The first-order valence-electron chi connectivity index (χ1n) is 2.48. The fourth-order valence-electron chi connectivity index (χ4n) is 0.136. The van der Waals surface area contributed by atoms with Gasteiger partial charge in [0.15, 0.2) is 0 Å². The molecule has 0 aliphatic rings. The predicted molar refractivity (Wildman–Crippen MR) is 40.2 cm³/mol. The summed E-state index contributed by atoms with van der Waals surface area (Å²) in [6, 6.07) is 0. The van der Waals surface area contributed by atoms with Crippen molar-refractivity contribution < 1.29 is 14.8 Å². The van der Waals surface area contributed by atoms with Crippen LogP contribution in [-0.2, 0) is 14.8 Å². The highest BCUT2D eigenvalue weighted by Crippen LogP contribution is 2.00. The zero-order valence-electron chi connectivity index (χ0n) is 5.27. The van der Waals surface area contributed by atoms with Gasteiger partial charge in [0.2, 0.25) is 0 Å². The lowest BCUT2D eigenvalue weighted by molar-refractivity contribution is -0.519. The van der Waals surface area contributed by atoms with Crippen LogP contribution in [0.5, 0.6) is 0 Å². The van der Waals surface area contributed by atoms with E-state index < -0.39 is 0 Å². The smallest absolute Gasteiger partial charge is 0.136 e. The Morgan fingerprint density at radius 3 is 1.56 bits per heavy atom. The first kappa shape index (κ1) is 9.58. The molecule has 0 amide bonds. The Bertz CT molecular complexity index is 58.8. The van der Waals surface area contributed by atoms with Crippen molar-refractivity contribution in [1.82, 2.24) is 0 Å². The molecule has 0 aromatic heterocycles. The van der Waals surface area contributed by atoms with Crippen LogP contribution in [-0.4, -0.2) is 10.9 Å². The molecule has 0 saturated heterocycles. The molecule has 0 heterocycles. The van der Waals surface area contributed by atoms with Crippen molar-refractivity contribution in [2.75, 3.05) is 0 Å². The van der Waals surface area contributed by atoms with Crippen LogP contribution in [0.15, 0.2) is 0 Å². The van der Waals surface area contributed by atoms with Crippen molar-refractivity contribution in [3.63, 3.8) is 0 Å². The van der Waals surface area contributed by atoms with E-state index in [0.717, 1.165) is 0 Å². The number of hydrogen-bond acceptors (Lipinski definition) is 5. The van der Waals surface area contributed by atoms with Crippen LogP contribution >= 0.6 is 25.3 Å². The summed E-state index contributed by atoms with van der Waals surface area (Å²) < 4.78 is 0. The molecule has 0 bridgehead atoms. The Balaban J connectivity index is 2.91. The van der Waals surface area contributed by atoms with Gasteiger partial charge in [0.25, 0.3) is 0 Å². The third kappa shape index (κ3) is 8.58. The largest absolute Gasteiger partial charge is 0.192 e. The van der Waals surface area contributed by atoms with E-state index in [2.05, 4.69) is 40.1 Å². The van der Waals surface area contributed by atoms with Gasteiger partial charge in [-0.15, -0.1) is 25.3 Å². The second kappa shape index (κ2) is 5.37. The fraction of sp³-hybridized carbons (Fsp3) is 1.00. The second-order valence-electron chi connectivity index (χ2n) is 1.46. The zero-order chi connectivity index (χ0) is 7.28. The van der Waals surface area contributed by atoms with E-state index in [4.69, 9.17) is 0 Å². The summed E-state index contributed by atoms with van der Waals surface area (Å²) in [6.07, 6.45) is 0. The molecule has 5 heteroatoms. The minimum absolute atomic E-state index is 0.294. The van der Waals surface area contributed by atoms with Crippen LogP contribution in [0.1, 0.15) is 13.8 Å². The molecule has 0 aromatic rings. The van der Waals surface area contributed by atoms with E-state index in [9.17, 15) is 0 Å². The highest BCUT2D eigenvalue weighted by Gasteiger charge is 1.97. The SMILES string of the molecule is CC(S)OOOC(C)S. The van der Waals surface area contributed by atoms with Crippen molar-refractivity contribution in [3.05, 3.63) is 0 Å². The van der Waals surface area contributed by atoms with Gasteiger partial charge in [0, 0.05) is 0 Å². The molecule has 3 nitrogen and oxygen atoms in total. The first-order valence-corrected chi connectivity index (χ1v) is 3.51. The maximum Gasteiger partial charge on any atom is 0.136 e. The Labute approximate surface area is 65.3 Å². The van der Waals surface area contributed by atoms with Gasteiger partial charge in [-0.3, -0.25) is 0 Å². The lowest BCUT2D eigenvalue weighted by atomic mass is 10.9. The number of hydrogen-bond donors (Lipinski definition) is 2. The monoisotopic (exact) mass is 170 g/mol. The Kier molecular flexibility index (Phi) is 5.72. The summed E-state index contributed by atoms with van der Waals surface area (Å²) in [7, 11) is 0. The van der Waals surface area contributed by atoms with E-state index in [1.165, 1.54) is 0 Å². The maximum atomic E-state index is 4.45. The normalized spacial score (nSPS) is 17.3. The van der Waals surface area contributed by atoms with Gasteiger partial charge in [-0.2, -0.15) is 9.78 Å². The molecular formula is C4H10O3S2. The molecule has 2 unspecified atom stereocenters. The molecular weight excluding hydrogens is 160 g/mol. The van der Waals surface area contributed by atoms with E-state index in [-0.39, 0.29) is 10.9 Å². The van der Waals surface area contributed by atoms with Crippen LogP contribution in [0.25, 0.3) is 0 Å². The van der Waals surface area contributed by atoms with E-state index in [1.54, 1.807) is 13.8 Å². The van der Waals surface area contributed by atoms with E-state index >= 15 is 0 Å². The molecule has 0 aliphatic heterocycles. The Hall–Kier alpha value is 0.580. The topological polar surface area (TPSA) is 27.7 Å². The molecule has 2 atom stereocenters. The summed E-state index contributed by atoms with van der Waals surface area (Å²) in [5.74, 6) is 0. The van der Waals surface area contributed by atoms with Gasteiger partial charge >= 0.3 is 0 Å². The average molecular weight is 170 g/mol. The summed E-state index contributed by atoms with van der Waals surface area (Å²) >= 11 is 7.70. The van der Waals surface area contributed by atoms with E-state index in [0.29, 0.717) is 0 Å². The summed E-state index contributed by atoms with van der Waals surface area (Å²) in [5, 5.41) is 4.20. The first-order chi connectivity index (χ1) is 4.13. The lowest BCUT2D eigenvalue weighted by Crippen LogP contribution is -2.05. The lowest BCUT2D eigenvalue weighted by Gasteiger charge is -2.05. The third-order valence-corrected chi connectivity index (χ3v) is 0.529. The van der Waals surface area contributed by atoms with Crippen LogP contribution < -0.4 is 0 Å². The van der Waals surface area contributed by atoms with Gasteiger partial charge < -0.3 is 0 Å². The minimum Gasteiger partial charge on any atom is -0.192 e. The quantitative estimate of drug-likeness (QED) is 0.289. The molecule has 0 saturated carbocycles. The second-order valence-corrected chi connectivity index (χ2v) is 2.91. The van der Waals surface area contributed by atoms with Crippen LogP contribution in [0.4, 0.5) is 0 Å². The molecule has 0 aromatic carbocycles. The van der Waals surface area contributed by atoms with Gasteiger partial charge in [-0.1, -0.05) is 5.04 Å². The molecule has 9 heavy (non-hydrogen) atoms. The Morgan fingerprint density at radius 1 is 1.00 bits per heavy atom. The van der Waals surface area contributed by atoms with Crippen LogP contribution in [0.3, 0.4) is 0 Å². The standard InChI is InChI=1S/C4H10O3S2/c1-3(8)5-7-6-4(2)9/h3-4,8-9H,1-2H3. The third-order valence-electron chi connectivity index (χ3n) is 0.357. The average Bonchev–Trinajstić information content (AvgIpc) is 1.63. The summed E-state index contributed by atoms with van der Waals surface area (Å²) in [5.41, 5.74) is -0.589. The highest BCUT2D eigenvalue weighted by atomic mass is 32.1. The highest BCUT2D eigenvalue weighted by molar-refractivity contribution is 7.80. The summed E-state index contributed by atoms with van der Waals surface area (Å²) in [4.78, 5) is 8.89. The molecule has 0 rings (SSSR count). The van der Waals surface area contributed by atoms with Crippen LogP contribution in [0.2, 0.25) is 0 Å². The van der Waals surface area contributed by atoms with E-state index in [1.807, 2.05) is 0 Å². The fourth-order valence-corrected chi connectivity index (χ4v) is 0.207. The summed E-state index contributed by atoms with van der Waals surface area (Å²) in [6.45, 7) is 3.41. The maximum absolute atomic E-state index is 4.45.